The summed E-state index contributed by atoms with van der Waals surface area (Å²) in [5, 5.41) is 5.03. The Kier molecular flexibility index (Phi) is 6.10. The third-order valence-electron chi connectivity index (χ3n) is 6.43. The number of aryl methyl sites for hydroxylation is 1. The summed E-state index contributed by atoms with van der Waals surface area (Å²) in [6.07, 6.45) is 0.475. The monoisotopic (exact) mass is 493 g/mol. The van der Waals surface area contributed by atoms with E-state index in [9.17, 15) is 13.6 Å². The fourth-order valence-corrected chi connectivity index (χ4v) is 4.70. The van der Waals surface area contributed by atoms with E-state index in [2.05, 4.69) is 10.1 Å². The molecule has 0 bridgehead atoms. The van der Waals surface area contributed by atoms with E-state index in [1.165, 1.54) is 6.07 Å². The Morgan fingerprint density at radius 1 is 1.03 bits per heavy atom. The lowest BCUT2D eigenvalue weighted by Gasteiger charge is -2.33. The number of carbonyl (C=O) groups is 1. The first kappa shape index (κ1) is 24.1. The molecule has 36 heavy (non-hydrogen) atoms. The van der Waals surface area contributed by atoms with Gasteiger partial charge in [-0.2, -0.15) is 5.10 Å². The lowest BCUT2D eigenvalue weighted by atomic mass is 9.93. The predicted octanol–water partition coefficient (Wildman–Crippen LogP) is 6.24. The Labute approximate surface area is 208 Å². The van der Waals surface area contributed by atoms with Crippen molar-refractivity contribution in [2.45, 2.75) is 51.6 Å². The second-order valence-corrected chi connectivity index (χ2v) is 10.3. The van der Waals surface area contributed by atoms with E-state index in [1.807, 2.05) is 39.0 Å². The van der Waals surface area contributed by atoms with Gasteiger partial charge in [0.05, 0.1) is 22.2 Å². The van der Waals surface area contributed by atoms with Gasteiger partial charge in [-0.1, -0.05) is 0 Å². The molecule has 1 aliphatic heterocycles. The van der Waals surface area contributed by atoms with Crippen molar-refractivity contribution in [3.63, 3.8) is 0 Å². The number of nitrogens with zero attached hydrogens (tertiary/aromatic N) is 5. The first-order valence-corrected chi connectivity index (χ1v) is 12.1. The zero-order chi connectivity index (χ0) is 25.6. The van der Waals surface area contributed by atoms with Crippen molar-refractivity contribution in [1.82, 2.24) is 24.6 Å². The summed E-state index contributed by atoms with van der Waals surface area (Å²) >= 11 is 0. The fraction of sp³-hybridized carbons (Fsp3) is 0.407. The van der Waals surface area contributed by atoms with Gasteiger partial charge < -0.3 is 9.64 Å². The van der Waals surface area contributed by atoms with Crippen molar-refractivity contribution in [1.29, 1.82) is 0 Å². The largest absolute Gasteiger partial charge is 0.444 e. The number of hydrogen-bond acceptors (Lipinski definition) is 5. The molecular weight excluding hydrogens is 464 g/mol. The second-order valence-electron chi connectivity index (χ2n) is 10.3. The molecule has 1 amide bonds. The van der Waals surface area contributed by atoms with Crippen LogP contribution in [0.15, 0.2) is 42.6 Å². The van der Waals surface area contributed by atoms with E-state index in [4.69, 9.17) is 9.72 Å². The maximum absolute atomic E-state index is 13.9. The van der Waals surface area contributed by atoms with Gasteiger partial charge in [-0.3, -0.25) is 9.67 Å². The lowest BCUT2D eigenvalue weighted by molar-refractivity contribution is 0.0204. The number of alkyl halides is 2. The van der Waals surface area contributed by atoms with Gasteiger partial charge in [0, 0.05) is 54.5 Å². The summed E-state index contributed by atoms with van der Waals surface area (Å²) in [6, 6.07) is 10.6. The molecule has 0 atom stereocenters. The molecule has 0 N–H and O–H groups in total. The average Bonchev–Trinajstić information content (AvgIpc) is 3.20. The molecule has 0 unspecified atom stereocenters. The van der Waals surface area contributed by atoms with Crippen LogP contribution in [0, 0.1) is 0 Å². The van der Waals surface area contributed by atoms with Crippen LogP contribution in [0.5, 0.6) is 0 Å². The maximum Gasteiger partial charge on any atom is 0.410 e. The standard InChI is InChI=1S/C27H29F2N5O2/c1-27(2,3)36-26(35)34-11-9-16(10-12-34)20-5-7-23-22(30-20)8-6-21(31-23)18-13-17-15-33(4)32-24(17)14-19(18)25(28)29/h5-8,13-16,25H,9-12H2,1-4H3. The van der Waals surface area contributed by atoms with Crippen molar-refractivity contribution in [3.05, 3.63) is 53.9 Å². The first-order valence-electron chi connectivity index (χ1n) is 12.1. The molecular formula is C27H29F2N5O2. The van der Waals surface area contributed by atoms with Gasteiger partial charge in [0.2, 0.25) is 0 Å². The van der Waals surface area contributed by atoms with Gasteiger partial charge in [-0.05, 0) is 70.0 Å². The van der Waals surface area contributed by atoms with Crippen LogP contribution in [-0.4, -0.2) is 49.4 Å². The SMILES string of the molecule is Cn1cc2cc(-c3ccc4nc(C5CCN(C(=O)OC(C)(C)C)CC5)ccc4n3)c(C(F)F)cc2n1. The number of amides is 1. The zero-order valence-corrected chi connectivity index (χ0v) is 20.8. The number of piperidine rings is 1. The molecule has 1 fully saturated rings. The number of hydrogen-bond donors (Lipinski definition) is 0. The van der Waals surface area contributed by atoms with Crippen LogP contribution in [0.2, 0.25) is 0 Å². The number of ether oxygens (including phenoxy) is 1. The quantitative estimate of drug-likeness (QED) is 0.338. The van der Waals surface area contributed by atoms with Crippen LogP contribution in [0.1, 0.15) is 57.2 Å². The molecule has 188 valence electrons. The van der Waals surface area contributed by atoms with E-state index in [0.717, 1.165) is 23.9 Å². The van der Waals surface area contributed by atoms with Gasteiger partial charge in [0.1, 0.15) is 5.60 Å². The number of likely N-dealkylation sites (tertiary alicyclic amines) is 1. The number of aromatic nitrogens is 4. The summed E-state index contributed by atoms with van der Waals surface area (Å²) in [6.45, 7) is 6.82. The minimum absolute atomic E-state index is 0.0885. The highest BCUT2D eigenvalue weighted by atomic mass is 19.3. The van der Waals surface area contributed by atoms with Crippen LogP contribution in [0.4, 0.5) is 13.6 Å². The predicted molar refractivity (Wildman–Crippen MR) is 134 cm³/mol. The number of benzene rings is 1. The van der Waals surface area contributed by atoms with Crippen LogP contribution in [0.25, 0.3) is 33.2 Å². The molecule has 0 saturated carbocycles. The Balaban J connectivity index is 1.38. The highest BCUT2D eigenvalue weighted by molar-refractivity contribution is 5.87. The molecule has 1 aliphatic rings. The van der Waals surface area contributed by atoms with Crippen LogP contribution in [-0.2, 0) is 11.8 Å². The molecule has 4 aromatic rings. The van der Waals surface area contributed by atoms with E-state index >= 15 is 0 Å². The topological polar surface area (TPSA) is 73.1 Å². The Bertz CT molecular complexity index is 1440. The number of carbonyl (C=O) groups excluding carboxylic acids is 1. The smallest absolute Gasteiger partial charge is 0.410 e. The minimum atomic E-state index is -2.64. The lowest BCUT2D eigenvalue weighted by Crippen LogP contribution is -2.41. The number of pyridine rings is 2. The van der Waals surface area contributed by atoms with Crippen molar-refractivity contribution < 1.29 is 18.3 Å². The zero-order valence-electron chi connectivity index (χ0n) is 20.8. The summed E-state index contributed by atoms with van der Waals surface area (Å²) in [7, 11) is 1.76. The molecule has 0 radical (unpaired) electrons. The summed E-state index contributed by atoms with van der Waals surface area (Å²) in [5.74, 6) is 0.228. The highest BCUT2D eigenvalue weighted by Crippen LogP contribution is 2.35. The molecule has 7 nitrogen and oxygen atoms in total. The van der Waals surface area contributed by atoms with Gasteiger partial charge in [0.25, 0.3) is 6.43 Å². The van der Waals surface area contributed by atoms with Gasteiger partial charge in [-0.25, -0.2) is 18.6 Å². The van der Waals surface area contributed by atoms with Gasteiger partial charge in [0.15, 0.2) is 0 Å². The Morgan fingerprint density at radius 3 is 2.42 bits per heavy atom. The third kappa shape index (κ3) is 4.87. The molecule has 0 aliphatic carbocycles. The van der Waals surface area contributed by atoms with Crippen molar-refractivity contribution in [2.75, 3.05) is 13.1 Å². The van der Waals surface area contributed by atoms with Crippen LogP contribution < -0.4 is 0 Å². The fourth-order valence-electron chi connectivity index (χ4n) is 4.70. The number of halogens is 2. The second kappa shape index (κ2) is 9.11. The molecule has 1 aromatic carbocycles. The highest BCUT2D eigenvalue weighted by Gasteiger charge is 2.28. The molecule has 4 heterocycles. The minimum Gasteiger partial charge on any atom is -0.444 e. The van der Waals surface area contributed by atoms with Gasteiger partial charge >= 0.3 is 6.09 Å². The van der Waals surface area contributed by atoms with E-state index in [0.29, 0.717) is 40.9 Å². The number of fused-ring (bicyclic) bond motifs is 2. The molecule has 3 aromatic heterocycles. The normalized spacial score (nSPS) is 15.2. The molecule has 1 saturated heterocycles. The number of rotatable bonds is 3. The first-order chi connectivity index (χ1) is 17.1. The van der Waals surface area contributed by atoms with E-state index in [-0.39, 0.29) is 17.6 Å². The molecule has 5 rings (SSSR count). The Morgan fingerprint density at radius 2 is 1.72 bits per heavy atom. The molecule has 9 heteroatoms. The van der Waals surface area contributed by atoms with Crippen molar-refractivity contribution >= 4 is 28.0 Å². The van der Waals surface area contributed by atoms with Crippen molar-refractivity contribution in [3.8, 4) is 11.3 Å². The Hall–Kier alpha value is -3.62. The molecule has 0 spiro atoms. The summed E-state index contributed by atoms with van der Waals surface area (Å²) in [5.41, 5.74) is 3.11. The summed E-state index contributed by atoms with van der Waals surface area (Å²) in [4.78, 5) is 23.6. The summed E-state index contributed by atoms with van der Waals surface area (Å²) < 4.78 is 34.8. The van der Waals surface area contributed by atoms with Crippen LogP contribution >= 0.6 is 0 Å². The van der Waals surface area contributed by atoms with E-state index in [1.54, 1.807) is 35.0 Å². The van der Waals surface area contributed by atoms with E-state index < -0.39 is 12.0 Å². The third-order valence-corrected chi connectivity index (χ3v) is 6.43. The average molecular weight is 494 g/mol. The maximum atomic E-state index is 13.9. The van der Waals surface area contributed by atoms with Crippen molar-refractivity contribution in [2.24, 2.45) is 7.05 Å². The van der Waals surface area contributed by atoms with Crippen LogP contribution in [0.3, 0.4) is 0 Å². The van der Waals surface area contributed by atoms with Gasteiger partial charge in [-0.15, -0.1) is 0 Å².